The number of nitrogens with zero attached hydrogens (tertiary/aromatic N) is 1. The molecule has 0 atom stereocenters. The Morgan fingerprint density at radius 2 is 1.74 bits per heavy atom. The molecule has 23 heavy (non-hydrogen) atoms. The minimum absolute atomic E-state index is 0.103. The van der Waals surface area contributed by atoms with E-state index >= 15 is 0 Å². The lowest BCUT2D eigenvalue weighted by atomic mass is 10.1. The Labute approximate surface area is 136 Å². The second-order valence-corrected chi connectivity index (χ2v) is 5.45. The van der Waals surface area contributed by atoms with Crippen molar-refractivity contribution in [1.29, 1.82) is 0 Å². The van der Waals surface area contributed by atoms with E-state index in [9.17, 15) is 9.59 Å². The van der Waals surface area contributed by atoms with E-state index in [0.717, 1.165) is 11.3 Å². The molecule has 0 spiro atoms. The molecule has 0 aromatic heterocycles. The van der Waals surface area contributed by atoms with Crippen LogP contribution in [-0.4, -0.2) is 25.8 Å². The number of benzene rings is 2. The molecule has 118 valence electrons. The van der Waals surface area contributed by atoms with Gasteiger partial charge in [0.2, 0.25) is 5.91 Å². The molecule has 4 heteroatoms. The third kappa shape index (κ3) is 4.81. The normalized spacial score (nSPS) is 10.6. The molecule has 1 N–H and O–H groups in total. The lowest BCUT2D eigenvalue weighted by Crippen LogP contribution is -2.07. The van der Waals surface area contributed by atoms with Gasteiger partial charge in [0.05, 0.1) is 0 Å². The fourth-order valence-electron chi connectivity index (χ4n) is 2.11. The van der Waals surface area contributed by atoms with Crippen LogP contribution in [0.25, 0.3) is 6.08 Å². The summed E-state index contributed by atoms with van der Waals surface area (Å²) in [5.41, 5.74) is 3.22. The number of hydrogen-bond acceptors (Lipinski definition) is 3. The van der Waals surface area contributed by atoms with Gasteiger partial charge < -0.3 is 10.2 Å². The molecule has 0 bridgehead atoms. The molecular formula is C19H20N2O2. The molecule has 0 heterocycles. The van der Waals surface area contributed by atoms with Gasteiger partial charge in [-0.25, -0.2) is 0 Å². The number of nitrogens with one attached hydrogen (secondary N) is 1. The standard InChI is InChI=1S/C19H20N2O2/c1-14(22)20-17-6-4-5-16(13-17)19(23)12-9-15-7-10-18(11-8-15)21(2)3/h4-13H,1-3H3,(H,20,22). The van der Waals surface area contributed by atoms with Crippen molar-refractivity contribution < 1.29 is 9.59 Å². The van der Waals surface area contributed by atoms with Crippen molar-refractivity contribution >= 4 is 29.1 Å². The van der Waals surface area contributed by atoms with Crippen LogP contribution < -0.4 is 10.2 Å². The third-order valence-corrected chi connectivity index (χ3v) is 3.30. The summed E-state index contributed by atoms with van der Waals surface area (Å²) in [5.74, 6) is -0.264. The van der Waals surface area contributed by atoms with E-state index in [0.29, 0.717) is 11.3 Å². The molecule has 4 nitrogen and oxygen atoms in total. The number of anilines is 2. The Hall–Kier alpha value is -2.88. The lowest BCUT2D eigenvalue weighted by molar-refractivity contribution is -0.114. The summed E-state index contributed by atoms with van der Waals surface area (Å²) < 4.78 is 0. The highest BCUT2D eigenvalue weighted by atomic mass is 16.1. The van der Waals surface area contributed by atoms with Crippen LogP contribution in [0, 0.1) is 0 Å². The molecule has 1 amide bonds. The third-order valence-electron chi connectivity index (χ3n) is 3.30. The van der Waals surface area contributed by atoms with Gasteiger partial charge in [-0.05, 0) is 35.9 Å². The monoisotopic (exact) mass is 308 g/mol. The second kappa shape index (κ2) is 7.40. The van der Waals surface area contributed by atoms with Gasteiger partial charge >= 0.3 is 0 Å². The second-order valence-electron chi connectivity index (χ2n) is 5.45. The van der Waals surface area contributed by atoms with E-state index in [1.165, 1.54) is 13.0 Å². The molecule has 0 saturated carbocycles. The zero-order chi connectivity index (χ0) is 16.8. The van der Waals surface area contributed by atoms with Crippen LogP contribution in [0.3, 0.4) is 0 Å². The molecule has 0 aliphatic heterocycles. The molecule has 0 saturated heterocycles. The number of ketones is 1. The molecular weight excluding hydrogens is 288 g/mol. The van der Waals surface area contributed by atoms with Crippen molar-refractivity contribution in [2.24, 2.45) is 0 Å². The first-order valence-electron chi connectivity index (χ1n) is 7.33. The van der Waals surface area contributed by atoms with Crippen LogP contribution in [0.15, 0.2) is 54.6 Å². The van der Waals surface area contributed by atoms with Crippen LogP contribution >= 0.6 is 0 Å². The Kier molecular flexibility index (Phi) is 5.31. The first-order valence-corrected chi connectivity index (χ1v) is 7.33. The Balaban J connectivity index is 2.10. The zero-order valence-electron chi connectivity index (χ0n) is 13.5. The summed E-state index contributed by atoms with van der Waals surface area (Å²) in [5, 5.41) is 2.67. The van der Waals surface area contributed by atoms with Gasteiger partial charge in [0.15, 0.2) is 5.78 Å². The average Bonchev–Trinajstić information content (AvgIpc) is 2.52. The maximum Gasteiger partial charge on any atom is 0.221 e. The van der Waals surface area contributed by atoms with E-state index in [4.69, 9.17) is 0 Å². The largest absolute Gasteiger partial charge is 0.378 e. The quantitative estimate of drug-likeness (QED) is 0.678. The fraction of sp³-hybridized carbons (Fsp3) is 0.158. The maximum atomic E-state index is 12.2. The van der Waals surface area contributed by atoms with Crippen molar-refractivity contribution in [2.45, 2.75) is 6.92 Å². The number of allylic oxidation sites excluding steroid dienone is 1. The summed E-state index contributed by atoms with van der Waals surface area (Å²) in [6.45, 7) is 1.44. The number of amides is 1. The predicted octanol–water partition coefficient (Wildman–Crippen LogP) is 3.61. The molecule has 0 aliphatic carbocycles. The minimum atomic E-state index is -0.161. The van der Waals surface area contributed by atoms with Gasteiger partial charge in [0.25, 0.3) is 0 Å². The van der Waals surface area contributed by atoms with Crippen LogP contribution in [0.4, 0.5) is 11.4 Å². The first kappa shape index (κ1) is 16.5. The zero-order valence-corrected chi connectivity index (χ0v) is 13.5. The van der Waals surface area contributed by atoms with Gasteiger partial charge in [-0.2, -0.15) is 0 Å². The van der Waals surface area contributed by atoms with Crippen LogP contribution in [0.1, 0.15) is 22.8 Å². The van der Waals surface area contributed by atoms with Gasteiger partial charge in [-0.3, -0.25) is 9.59 Å². The van der Waals surface area contributed by atoms with Crippen molar-refractivity contribution in [2.75, 3.05) is 24.3 Å². The smallest absolute Gasteiger partial charge is 0.221 e. The Bertz CT molecular complexity index is 731. The molecule has 0 aliphatic rings. The number of rotatable bonds is 5. The van der Waals surface area contributed by atoms with Crippen molar-refractivity contribution in [3.63, 3.8) is 0 Å². The summed E-state index contributed by atoms with van der Waals surface area (Å²) in [4.78, 5) is 25.3. The highest BCUT2D eigenvalue weighted by molar-refractivity contribution is 6.07. The van der Waals surface area contributed by atoms with Gasteiger partial charge in [-0.1, -0.05) is 30.3 Å². The lowest BCUT2D eigenvalue weighted by Gasteiger charge is -2.11. The SMILES string of the molecule is CC(=O)Nc1cccc(C(=O)C=Cc2ccc(N(C)C)cc2)c1. The molecule has 2 rings (SSSR count). The van der Waals surface area contributed by atoms with Crippen LogP contribution in [-0.2, 0) is 4.79 Å². The summed E-state index contributed by atoms with van der Waals surface area (Å²) in [6.07, 6.45) is 3.32. The average molecular weight is 308 g/mol. The van der Waals surface area contributed by atoms with Crippen LogP contribution in [0.5, 0.6) is 0 Å². The summed E-state index contributed by atoms with van der Waals surface area (Å²) in [6, 6.07) is 14.8. The highest BCUT2D eigenvalue weighted by Gasteiger charge is 2.04. The van der Waals surface area contributed by atoms with E-state index in [1.54, 1.807) is 30.3 Å². The van der Waals surface area contributed by atoms with E-state index < -0.39 is 0 Å². The highest BCUT2D eigenvalue weighted by Crippen LogP contribution is 2.15. The first-order chi connectivity index (χ1) is 11.0. The van der Waals surface area contributed by atoms with Crippen molar-refractivity contribution in [1.82, 2.24) is 0 Å². The summed E-state index contributed by atoms with van der Waals surface area (Å²) in [7, 11) is 3.97. The van der Waals surface area contributed by atoms with Gasteiger partial charge in [0.1, 0.15) is 0 Å². The molecule has 0 unspecified atom stereocenters. The minimum Gasteiger partial charge on any atom is -0.378 e. The molecule has 2 aromatic carbocycles. The van der Waals surface area contributed by atoms with Crippen LogP contribution in [0.2, 0.25) is 0 Å². The fourth-order valence-corrected chi connectivity index (χ4v) is 2.11. The topological polar surface area (TPSA) is 49.4 Å². The van der Waals surface area contributed by atoms with Gasteiger partial charge in [0, 0.05) is 38.0 Å². The van der Waals surface area contributed by atoms with Crippen molar-refractivity contribution in [3.05, 3.63) is 65.7 Å². The van der Waals surface area contributed by atoms with Gasteiger partial charge in [-0.15, -0.1) is 0 Å². The molecule has 0 fully saturated rings. The molecule has 2 aromatic rings. The number of carbonyl (C=O) groups is 2. The van der Waals surface area contributed by atoms with E-state index in [-0.39, 0.29) is 11.7 Å². The predicted molar refractivity (Wildman–Crippen MR) is 94.9 cm³/mol. The maximum absolute atomic E-state index is 12.2. The number of hydrogen-bond donors (Lipinski definition) is 1. The summed E-state index contributed by atoms with van der Waals surface area (Å²) >= 11 is 0. The van der Waals surface area contributed by atoms with E-state index in [2.05, 4.69) is 5.32 Å². The van der Waals surface area contributed by atoms with E-state index in [1.807, 2.05) is 43.3 Å². The van der Waals surface area contributed by atoms with Crippen molar-refractivity contribution in [3.8, 4) is 0 Å². The number of carbonyl (C=O) groups excluding carboxylic acids is 2. The Morgan fingerprint density at radius 3 is 2.35 bits per heavy atom. The molecule has 0 radical (unpaired) electrons. The Morgan fingerprint density at radius 1 is 1.04 bits per heavy atom.